The molecule has 0 saturated carbocycles. The Bertz CT molecular complexity index is 1410. The Labute approximate surface area is 238 Å². The Kier molecular flexibility index (Phi) is 8.77. The van der Waals surface area contributed by atoms with Gasteiger partial charge >= 0.3 is 12.0 Å². The van der Waals surface area contributed by atoms with E-state index < -0.39 is 6.03 Å². The quantitative estimate of drug-likeness (QED) is 0.171. The number of aromatic amines is 1. The van der Waals surface area contributed by atoms with Gasteiger partial charge in [-0.15, -0.1) is 0 Å². The molecule has 0 radical (unpaired) electrons. The maximum absolute atomic E-state index is 13.6. The second kappa shape index (κ2) is 12.6. The van der Waals surface area contributed by atoms with Gasteiger partial charge in [-0.05, 0) is 17.5 Å². The number of benzene rings is 2. The molecule has 11 nitrogen and oxygen atoms in total. The predicted octanol–water partition coefficient (Wildman–Crippen LogP) is 3.58. The average molecular weight is 561 g/mol. The van der Waals surface area contributed by atoms with Crippen LogP contribution in [0.15, 0.2) is 42.5 Å². The summed E-state index contributed by atoms with van der Waals surface area (Å²) in [4.78, 5) is 38.2. The van der Waals surface area contributed by atoms with Gasteiger partial charge in [0, 0.05) is 37.3 Å². The van der Waals surface area contributed by atoms with Crippen molar-refractivity contribution in [1.29, 1.82) is 0 Å². The second-order valence-corrected chi connectivity index (χ2v) is 10.6. The molecule has 41 heavy (non-hydrogen) atoms. The molecular formula is C30H36N6O5. The van der Waals surface area contributed by atoms with Gasteiger partial charge in [-0.1, -0.05) is 57.2 Å². The van der Waals surface area contributed by atoms with Crippen LogP contribution in [0.3, 0.4) is 0 Å². The molecule has 1 saturated heterocycles. The Morgan fingerprint density at radius 2 is 1.83 bits per heavy atom. The Morgan fingerprint density at radius 1 is 1.07 bits per heavy atom. The average Bonchev–Trinajstić information content (AvgIpc) is 3.53. The van der Waals surface area contributed by atoms with Gasteiger partial charge in [0.25, 0.3) is 0 Å². The van der Waals surface area contributed by atoms with Gasteiger partial charge < -0.3 is 20.1 Å². The molecule has 1 aliphatic heterocycles. The van der Waals surface area contributed by atoms with Crippen LogP contribution in [0.1, 0.15) is 42.3 Å². The first-order valence-corrected chi connectivity index (χ1v) is 14.0. The highest BCUT2D eigenvalue weighted by Gasteiger charge is 2.35. The molecule has 1 atom stereocenters. The van der Waals surface area contributed by atoms with E-state index >= 15 is 0 Å². The normalized spacial score (nSPS) is 15.4. The Balaban J connectivity index is 1.20. The number of nitrogens with one attached hydrogen (secondary N) is 4. The molecule has 5 rings (SSSR count). The molecule has 2 amide bonds. The molecule has 2 heterocycles. The first-order chi connectivity index (χ1) is 19.8. The first-order valence-electron chi connectivity index (χ1n) is 14.0. The summed E-state index contributed by atoms with van der Waals surface area (Å²) in [5.41, 5.74) is 7.95. The number of carbonyl (C=O) groups excluding carboxylic acids is 3. The number of hydrogen-bond donors (Lipinski definition) is 4. The summed E-state index contributed by atoms with van der Waals surface area (Å²) in [5.74, 6) is -0.226. The van der Waals surface area contributed by atoms with Crippen molar-refractivity contribution >= 4 is 23.5 Å². The van der Waals surface area contributed by atoms with Crippen molar-refractivity contribution in [3.8, 4) is 22.5 Å². The van der Waals surface area contributed by atoms with Crippen LogP contribution in [0.2, 0.25) is 0 Å². The van der Waals surface area contributed by atoms with Crippen LogP contribution in [-0.4, -0.2) is 72.4 Å². The number of rotatable bonds is 10. The fourth-order valence-corrected chi connectivity index (χ4v) is 4.81. The molecule has 0 unspecified atom stereocenters. The van der Waals surface area contributed by atoms with Crippen LogP contribution in [0.5, 0.6) is 0 Å². The van der Waals surface area contributed by atoms with Crippen molar-refractivity contribution in [1.82, 2.24) is 25.9 Å². The molecule has 216 valence electrons. The van der Waals surface area contributed by atoms with E-state index in [9.17, 15) is 14.4 Å². The third-order valence-corrected chi connectivity index (χ3v) is 7.53. The molecular weight excluding hydrogens is 524 g/mol. The van der Waals surface area contributed by atoms with Gasteiger partial charge in [0.2, 0.25) is 0 Å². The van der Waals surface area contributed by atoms with Gasteiger partial charge in [-0.3, -0.25) is 20.1 Å². The summed E-state index contributed by atoms with van der Waals surface area (Å²) < 4.78 is 10.7. The minimum absolute atomic E-state index is 0.117. The predicted molar refractivity (Wildman–Crippen MR) is 154 cm³/mol. The highest BCUT2D eigenvalue weighted by Crippen LogP contribution is 2.42. The monoisotopic (exact) mass is 560 g/mol. The van der Waals surface area contributed by atoms with Crippen LogP contribution in [-0.2, 0) is 20.8 Å². The molecule has 4 N–H and O–H groups in total. The van der Waals surface area contributed by atoms with Crippen molar-refractivity contribution in [2.45, 2.75) is 27.3 Å². The largest absolute Gasteiger partial charge is 0.464 e. The highest BCUT2D eigenvalue weighted by atomic mass is 16.5. The van der Waals surface area contributed by atoms with E-state index in [4.69, 9.17) is 9.47 Å². The molecule has 0 bridgehead atoms. The fraction of sp³-hybridized carbons (Fsp3) is 0.400. The minimum Gasteiger partial charge on any atom is -0.464 e. The lowest BCUT2D eigenvalue weighted by molar-refractivity contribution is -0.149. The molecule has 1 aromatic heterocycles. The fourth-order valence-electron chi connectivity index (χ4n) is 4.81. The smallest absolute Gasteiger partial charge is 0.333 e. The summed E-state index contributed by atoms with van der Waals surface area (Å²) >= 11 is 0. The summed E-state index contributed by atoms with van der Waals surface area (Å²) in [6.45, 7) is 9.68. The van der Waals surface area contributed by atoms with Gasteiger partial charge in [0.05, 0.1) is 41.6 Å². The van der Waals surface area contributed by atoms with Crippen LogP contribution < -0.4 is 16.1 Å². The van der Waals surface area contributed by atoms with E-state index in [1.807, 2.05) is 51.1 Å². The van der Waals surface area contributed by atoms with E-state index in [-0.39, 0.29) is 23.6 Å². The highest BCUT2D eigenvalue weighted by molar-refractivity contribution is 6.26. The number of ether oxygens (including phenoxy) is 2. The second-order valence-electron chi connectivity index (χ2n) is 10.6. The summed E-state index contributed by atoms with van der Waals surface area (Å²) in [7, 11) is 0. The van der Waals surface area contributed by atoms with Crippen LogP contribution in [0.4, 0.5) is 10.5 Å². The molecule has 3 aromatic rings. The van der Waals surface area contributed by atoms with E-state index in [0.29, 0.717) is 79.8 Å². The van der Waals surface area contributed by atoms with Gasteiger partial charge in [0.15, 0.2) is 5.78 Å². The number of urea groups is 1. The standard InChI is InChI=1S/C30H36N6O5/c1-18(2)19(3)29(38)41-14-11-31-17-20-7-9-21(10-8-20)26-25-27(34-33-26)22-5-4-6-23(24(22)28(25)37)32-30(39)35-36-12-15-40-16-13-36/h4-10,18-19,31H,11-17H2,1-3H3,(H,33,34)(H2,32,35,39)/t19-/m0/s1. The lowest BCUT2D eigenvalue weighted by Gasteiger charge is -2.27. The number of carbonyl (C=O) groups is 3. The zero-order valence-corrected chi connectivity index (χ0v) is 23.6. The topological polar surface area (TPSA) is 138 Å². The third-order valence-electron chi connectivity index (χ3n) is 7.53. The maximum atomic E-state index is 13.6. The number of fused-ring (bicyclic) bond motifs is 3. The zero-order chi connectivity index (χ0) is 28.9. The third kappa shape index (κ3) is 6.32. The number of anilines is 1. The van der Waals surface area contributed by atoms with Crippen molar-refractivity contribution in [3.63, 3.8) is 0 Å². The number of H-pyrrole nitrogens is 1. The van der Waals surface area contributed by atoms with Crippen LogP contribution in [0, 0.1) is 11.8 Å². The van der Waals surface area contributed by atoms with E-state index in [1.165, 1.54) is 0 Å². The number of morpholine rings is 1. The molecule has 1 fully saturated rings. The number of hydrazine groups is 1. The molecule has 2 aromatic carbocycles. The number of nitrogens with zero attached hydrogens (tertiary/aromatic N) is 2. The number of amides is 2. The van der Waals surface area contributed by atoms with Crippen LogP contribution >= 0.6 is 0 Å². The lowest BCUT2D eigenvalue weighted by atomic mass is 9.99. The van der Waals surface area contributed by atoms with Gasteiger partial charge in [-0.2, -0.15) is 5.10 Å². The summed E-state index contributed by atoms with van der Waals surface area (Å²) in [6.07, 6.45) is 0. The number of esters is 1. The summed E-state index contributed by atoms with van der Waals surface area (Å²) in [6, 6.07) is 12.8. The van der Waals surface area contributed by atoms with E-state index in [2.05, 4.69) is 26.3 Å². The van der Waals surface area contributed by atoms with Gasteiger partial charge in [-0.25, -0.2) is 9.80 Å². The lowest BCUT2D eigenvalue weighted by Crippen LogP contribution is -2.49. The van der Waals surface area contributed by atoms with E-state index in [0.717, 1.165) is 11.1 Å². The van der Waals surface area contributed by atoms with Gasteiger partial charge in [0.1, 0.15) is 12.3 Å². The minimum atomic E-state index is -0.410. The van der Waals surface area contributed by atoms with E-state index in [1.54, 1.807) is 17.1 Å². The maximum Gasteiger partial charge on any atom is 0.333 e. The molecule has 2 aliphatic rings. The first kappa shape index (κ1) is 28.5. The van der Waals surface area contributed by atoms with Crippen molar-refractivity contribution in [3.05, 3.63) is 59.2 Å². The van der Waals surface area contributed by atoms with Crippen molar-refractivity contribution in [2.75, 3.05) is 44.8 Å². The van der Waals surface area contributed by atoms with Crippen LogP contribution in [0.25, 0.3) is 22.5 Å². The van der Waals surface area contributed by atoms with Crippen molar-refractivity contribution < 1.29 is 23.9 Å². The SMILES string of the molecule is CC(C)[C@H](C)C(=O)OCCNCc1ccc(-c2[nH]nc3c2C(=O)c2c(NC(=O)NN4CCOCC4)cccc2-3)cc1. The zero-order valence-electron chi connectivity index (χ0n) is 23.6. The summed E-state index contributed by atoms with van der Waals surface area (Å²) in [5, 5.41) is 15.4. The number of hydrogen-bond acceptors (Lipinski definition) is 8. The number of ketones is 1. The molecule has 11 heteroatoms. The van der Waals surface area contributed by atoms with Crippen molar-refractivity contribution in [2.24, 2.45) is 11.8 Å². The Hall–Kier alpha value is -4.06. The number of aromatic nitrogens is 2. The molecule has 1 aliphatic carbocycles. The molecule has 0 spiro atoms. The Morgan fingerprint density at radius 3 is 2.56 bits per heavy atom.